The predicted molar refractivity (Wildman–Crippen MR) is 95.9 cm³/mol. The van der Waals surface area contributed by atoms with Crippen molar-refractivity contribution in [3.63, 3.8) is 0 Å². The van der Waals surface area contributed by atoms with Gasteiger partial charge in [-0.15, -0.1) is 0 Å². The van der Waals surface area contributed by atoms with Crippen LogP contribution in [0, 0.1) is 11.7 Å². The third-order valence-electron chi connectivity index (χ3n) is 5.06. The summed E-state index contributed by atoms with van der Waals surface area (Å²) in [6.07, 6.45) is 7.85. The van der Waals surface area contributed by atoms with E-state index in [9.17, 15) is 17.6 Å². The van der Waals surface area contributed by atoms with E-state index >= 15 is 0 Å². The standard InChI is InChI=1S/C18H25FN2O4S/c1-20-26(23,24)21-18(22)15-9-14(13-7-8-13)17(10-16(15)19)25-11-12-5-3-2-4-6-12/h9-10,12-13,20H,2-8,11H2,1H3,(H,21,22). The van der Waals surface area contributed by atoms with Gasteiger partial charge in [0, 0.05) is 13.1 Å². The highest BCUT2D eigenvalue weighted by atomic mass is 32.2. The zero-order valence-corrected chi connectivity index (χ0v) is 15.7. The van der Waals surface area contributed by atoms with Crippen LogP contribution in [0.3, 0.4) is 0 Å². The van der Waals surface area contributed by atoms with Gasteiger partial charge in [-0.1, -0.05) is 19.3 Å². The lowest BCUT2D eigenvalue weighted by atomic mass is 9.90. The highest BCUT2D eigenvalue weighted by Crippen LogP contribution is 2.45. The SMILES string of the molecule is CNS(=O)(=O)NC(=O)c1cc(C2CC2)c(OCC2CCCCC2)cc1F. The largest absolute Gasteiger partial charge is 0.493 e. The van der Waals surface area contributed by atoms with Crippen LogP contribution < -0.4 is 14.2 Å². The molecule has 144 valence electrons. The summed E-state index contributed by atoms with van der Waals surface area (Å²) in [6, 6.07) is 2.65. The Bertz CT molecular complexity index is 772. The van der Waals surface area contributed by atoms with Gasteiger partial charge in [0.2, 0.25) is 0 Å². The minimum Gasteiger partial charge on any atom is -0.493 e. The summed E-state index contributed by atoms with van der Waals surface area (Å²) in [5.74, 6) is -0.565. The van der Waals surface area contributed by atoms with Crippen molar-refractivity contribution in [2.75, 3.05) is 13.7 Å². The quantitative estimate of drug-likeness (QED) is 0.757. The van der Waals surface area contributed by atoms with Crippen molar-refractivity contribution >= 4 is 16.1 Å². The van der Waals surface area contributed by atoms with Gasteiger partial charge in [-0.3, -0.25) is 4.79 Å². The van der Waals surface area contributed by atoms with Crippen LogP contribution in [0.15, 0.2) is 12.1 Å². The Morgan fingerprint density at radius 1 is 1.19 bits per heavy atom. The second-order valence-electron chi connectivity index (χ2n) is 7.10. The minimum absolute atomic E-state index is 0.240. The van der Waals surface area contributed by atoms with E-state index in [2.05, 4.69) is 0 Å². The van der Waals surface area contributed by atoms with Gasteiger partial charge < -0.3 is 4.74 Å². The van der Waals surface area contributed by atoms with E-state index in [1.54, 1.807) is 4.72 Å². The number of rotatable bonds is 7. The molecular weight excluding hydrogens is 359 g/mol. The molecule has 1 amide bonds. The molecule has 26 heavy (non-hydrogen) atoms. The van der Waals surface area contributed by atoms with E-state index in [1.165, 1.54) is 38.4 Å². The molecule has 3 rings (SSSR count). The first kappa shape index (κ1) is 19.1. The number of benzene rings is 1. The zero-order chi connectivity index (χ0) is 18.7. The zero-order valence-electron chi connectivity index (χ0n) is 14.9. The Labute approximate surface area is 153 Å². The van der Waals surface area contributed by atoms with Crippen LogP contribution in [0.5, 0.6) is 5.75 Å². The van der Waals surface area contributed by atoms with E-state index in [-0.39, 0.29) is 11.5 Å². The number of amides is 1. The number of ether oxygens (including phenoxy) is 1. The number of hydrogen-bond donors (Lipinski definition) is 2. The first-order valence-corrected chi connectivity index (χ1v) is 10.6. The highest BCUT2D eigenvalue weighted by Gasteiger charge is 2.30. The van der Waals surface area contributed by atoms with Gasteiger partial charge >= 0.3 is 10.2 Å². The maximum Gasteiger partial charge on any atom is 0.301 e. The maximum absolute atomic E-state index is 14.5. The molecule has 2 saturated carbocycles. The molecule has 1 aromatic carbocycles. The number of hydrogen-bond acceptors (Lipinski definition) is 4. The van der Waals surface area contributed by atoms with Crippen LogP contribution in [-0.2, 0) is 10.2 Å². The molecule has 2 aliphatic carbocycles. The van der Waals surface area contributed by atoms with Gasteiger partial charge in [0.1, 0.15) is 11.6 Å². The number of nitrogens with one attached hydrogen (secondary N) is 2. The molecule has 0 radical (unpaired) electrons. The average molecular weight is 384 g/mol. The first-order chi connectivity index (χ1) is 12.4. The van der Waals surface area contributed by atoms with Gasteiger partial charge in [0.15, 0.2) is 0 Å². The fourth-order valence-electron chi connectivity index (χ4n) is 3.37. The van der Waals surface area contributed by atoms with Crippen molar-refractivity contribution in [2.24, 2.45) is 5.92 Å². The Hall–Kier alpha value is -1.67. The molecule has 0 unspecified atom stereocenters. The molecule has 0 saturated heterocycles. The molecule has 2 aliphatic rings. The van der Waals surface area contributed by atoms with Crippen LogP contribution >= 0.6 is 0 Å². The minimum atomic E-state index is -3.98. The number of halogens is 1. The Morgan fingerprint density at radius 2 is 1.88 bits per heavy atom. The lowest BCUT2D eigenvalue weighted by Gasteiger charge is -2.22. The van der Waals surface area contributed by atoms with Crippen LogP contribution in [0.4, 0.5) is 4.39 Å². The van der Waals surface area contributed by atoms with Crippen LogP contribution in [0.1, 0.15) is 66.8 Å². The Balaban J connectivity index is 1.78. The highest BCUT2D eigenvalue weighted by molar-refractivity contribution is 7.88. The van der Waals surface area contributed by atoms with Crippen molar-refractivity contribution in [1.82, 2.24) is 9.44 Å². The molecule has 1 aromatic rings. The molecule has 0 aliphatic heterocycles. The lowest BCUT2D eigenvalue weighted by Crippen LogP contribution is -2.38. The van der Waals surface area contributed by atoms with Crippen molar-refractivity contribution in [2.45, 2.75) is 50.9 Å². The van der Waals surface area contributed by atoms with E-state index in [0.717, 1.165) is 31.2 Å². The monoisotopic (exact) mass is 384 g/mol. The molecule has 0 atom stereocenters. The molecule has 8 heteroatoms. The van der Waals surface area contributed by atoms with Crippen molar-refractivity contribution in [3.05, 3.63) is 29.1 Å². The summed E-state index contributed by atoms with van der Waals surface area (Å²) in [5, 5.41) is 0. The Kier molecular flexibility index (Phi) is 5.82. The summed E-state index contributed by atoms with van der Waals surface area (Å²) >= 11 is 0. The van der Waals surface area contributed by atoms with Crippen LogP contribution in [-0.4, -0.2) is 28.0 Å². The molecule has 2 fully saturated rings. The average Bonchev–Trinajstić information content (AvgIpc) is 3.45. The number of carbonyl (C=O) groups excluding carboxylic acids is 1. The van der Waals surface area contributed by atoms with Crippen LogP contribution in [0.25, 0.3) is 0 Å². The predicted octanol–water partition coefficient (Wildman–Crippen LogP) is 2.86. The Morgan fingerprint density at radius 3 is 2.50 bits per heavy atom. The second-order valence-corrected chi connectivity index (χ2v) is 8.72. The molecule has 0 bridgehead atoms. The van der Waals surface area contributed by atoms with Gasteiger partial charge in [0.05, 0.1) is 12.2 Å². The lowest BCUT2D eigenvalue weighted by molar-refractivity contribution is 0.0977. The van der Waals surface area contributed by atoms with Crippen molar-refractivity contribution in [3.8, 4) is 5.75 Å². The summed E-state index contributed by atoms with van der Waals surface area (Å²) in [4.78, 5) is 12.1. The van der Waals surface area contributed by atoms with Crippen molar-refractivity contribution in [1.29, 1.82) is 0 Å². The molecule has 0 spiro atoms. The fourth-order valence-corrected chi connectivity index (χ4v) is 3.83. The number of carbonyl (C=O) groups is 1. The van der Waals surface area contributed by atoms with E-state index in [0.29, 0.717) is 18.3 Å². The molecule has 0 aromatic heterocycles. The molecule has 2 N–H and O–H groups in total. The smallest absolute Gasteiger partial charge is 0.301 e. The van der Waals surface area contributed by atoms with Crippen molar-refractivity contribution < 1.29 is 22.3 Å². The topological polar surface area (TPSA) is 84.5 Å². The van der Waals surface area contributed by atoms with Gasteiger partial charge in [0.25, 0.3) is 5.91 Å². The van der Waals surface area contributed by atoms with E-state index in [1.807, 2.05) is 4.72 Å². The van der Waals surface area contributed by atoms with E-state index < -0.39 is 21.9 Å². The summed E-state index contributed by atoms with van der Waals surface area (Å²) < 4.78 is 47.1. The van der Waals surface area contributed by atoms with Gasteiger partial charge in [-0.05, 0) is 49.1 Å². The van der Waals surface area contributed by atoms with Gasteiger partial charge in [-0.25, -0.2) is 13.8 Å². The fraction of sp³-hybridized carbons (Fsp3) is 0.611. The third kappa shape index (κ3) is 4.73. The second kappa shape index (κ2) is 7.92. The summed E-state index contributed by atoms with van der Waals surface area (Å²) in [6.45, 7) is 0.554. The normalized spacial score (nSPS) is 18.5. The molecular formula is C18H25FN2O4S. The third-order valence-corrected chi connectivity index (χ3v) is 6.05. The van der Waals surface area contributed by atoms with Gasteiger partial charge in [-0.2, -0.15) is 8.42 Å². The maximum atomic E-state index is 14.5. The van der Waals surface area contributed by atoms with Crippen LogP contribution in [0.2, 0.25) is 0 Å². The molecule has 0 heterocycles. The first-order valence-electron chi connectivity index (χ1n) is 9.11. The summed E-state index contributed by atoms with van der Waals surface area (Å²) in [7, 11) is -2.81. The van der Waals surface area contributed by atoms with E-state index in [4.69, 9.17) is 4.74 Å². The molecule has 6 nitrogen and oxygen atoms in total. The summed E-state index contributed by atoms with van der Waals surface area (Å²) in [5.41, 5.74) is 0.505.